The number of anilines is 2. The summed E-state index contributed by atoms with van der Waals surface area (Å²) in [7, 11) is 0. The minimum absolute atomic E-state index is 0.228. The summed E-state index contributed by atoms with van der Waals surface area (Å²) in [5, 5.41) is 5.68. The zero-order valence-electron chi connectivity index (χ0n) is 20.8. The van der Waals surface area contributed by atoms with Crippen LogP contribution >= 0.6 is 0 Å². The van der Waals surface area contributed by atoms with Gasteiger partial charge in [-0.3, -0.25) is 9.59 Å². The van der Waals surface area contributed by atoms with Crippen molar-refractivity contribution in [3.63, 3.8) is 0 Å². The summed E-state index contributed by atoms with van der Waals surface area (Å²) in [4.78, 5) is 25.5. The van der Waals surface area contributed by atoms with Gasteiger partial charge >= 0.3 is 0 Å². The van der Waals surface area contributed by atoms with E-state index in [0.717, 1.165) is 6.42 Å². The molecule has 0 unspecified atom stereocenters. The first-order valence-corrected chi connectivity index (χ1v) is 12.0. The van der Waals surface area contributed by atoms with E-state index in [2.05, 4.69) is 10.6 Å². The molecule has 0 aliphatic carbocycles. The maximum atomic E-state index is 12.7. The van der Waals surface area contributed by atoms with Gasteiger partial charge in [-0.1, -0.05) is 37.3 Å². The van der Waals surface area contributed by atoms with Crippen molar-refractivity contribution in [3.8, 4) is 23.0 Å². The summed E-state index contributed by atoms with van der Waals surface area (Å²) in [5.74, 6) is 1.20. The van der Waals surface area contributed by atoms with E-state index < -0.39 is 0 Å². The van der Waals surface area contributed by atoms with Gasteiger partial charge in [0.1, 0.15) is 11.5 Å². The summed E-state index contributed by atoms with van der Waals surface area (Å²) in [6.45, 7) is 6.74. The molecule has 2 amide bonds. The molecule has 0 bridgehead atoms. The molecule has 0 fully saturated rings. The third-order valence-electron chi connectivity index (χ3n) is 4.91. The fraction of sp³-hybridized carbons (Fsp3) is 0.286. The molecule has 8 heteroatoms. The van der Waals surface area contributed by atoms with Gasteiger partial charge in [0.15, 0.2) is 18.1 Å². The van der Waals surface area contributed by atoms with Gasteiger partial charge in [0.05, 0.1) is 31.2 Å². The van der Waals surface area contributed by atoms with Crippen molar-refractivity contribution < 1.29 is 28.5 Å². The van der Waals surface area contributed by atoms with E-state index in [1.54, 1.807) is 48.5 Å². The van der Waals surface area contributed by atoms with Crippen LogP contribution in [0.1, 0.15) is 37.6 Å². The van der Waals surface area contributed by atoms with E-state index in [1.165, 1.54) is 0 Å². The Bertz CT molecular complexity index is 1150. The van der Waals surface area contributed by atoms with Crippen molar-refractivity contribution in [1.29, 1.82) is 0 Å². The van der Waals surface area contributed by atoms with E-state index in [-0.39, 0.29) is 18.4 Å². The van der Waals surface area contributed by atoms with Gasteiger partial charge in [-0.25, -0.2) is 0 Å². The first kappa shape index (κ1) is 26.4. The maximum absolute atomic E-state index is 12.7. The van der Waals surface area contributed by atoms with Crippen molar-refractivity contribution >= 4 is 23.2 Å². The van der Waals surface area contributed by atoms with Crippen molar-refractivity contribution in [3.05, 3.63) is 72.3 Å². The molecule has 36 heavy (non-hydrogen) atoms. The predicted octanol–water partition coefficient (Wildman–Crippen LogP) is 5.54. The van der Waals surface area contributed by atoms with Crippen LogP contribution in [0, 0.1) is 0 Å². The van der Waals surface area contributed by atoms with Crippen molar-refractivity contribution in [2.45, 2.75) is 27.2 Å². The number of hydrogen-bond acceptors (Lipinski definition) is 6. The first-order chi connectivity index (χ1) is 17.5. The molecule has 3 aromatic carbocycles. The van der Waals surface area contributed by atoms with Crippen LogP contribution in [0.2, 0.25) is 0 Å². The second kappa shape index (κ2) is 13.6. The normalized spacial score (nSPS) is 10.3. The van der Waals surface area contributed by atoms with Crippen molar-refractivity contribution in [2.24, 2.45) is 0 Å². The fourth-order valence-electron chi connectivity index (χ4n) is 3.32. The summed E-state index contributed by atoms with van der Waals surface area (Å²) in [6.07, 6.45) is 0.860. The van der Waals surface area contributed by atoms with Gasteiger partial charge in [-0.15, -0.1) is 0 Å². The molecule has 3 rings (SSSR count). The van der Waals surface area contributed by atoms with E-state index in [1.807, 2.05) is 39.0 Å². The minimum Gasteiger partial charge on any atom is -0.492 e. The van der Waals surface area contributed by atoms with Crippen LogP contribution < -0.4 is 29.6 Å². The van der Waals surface area contributed by atoms with Crippen LogP contribution in [0.3, 0.4) is 0 Å². The minimum atomic E-state index is -0.384. The van der Waals surface area contributed by atoms with Crippen LogP contribution in [-0.2, 0) is 4.79 Å². The number of amides is 2. The summed E-state index contributed by atoms with van der Waals surface area (Å²) in [6, 6.07) is 19.3. The lowest BCUT2D eigenvalue weighted by molar-refractivity contribution is -0.118. The molecule has 2 N–H and O–H groups in total. The van der Waals surface area contributed by atoms with E-state index in [4.69, 9.17) is 18.9 Å². The van der Waals surface area contributed by atoms with Gasteiger partial charge in [-0.05, 0) is 44.5 Å². The van der Waals surface area contributed by atoms with Crippen LogP contribution in [0.5, 0.6) is 23.0 Å². The lowest BCUT2D eigenvalue weighted by Crippen LogP contribution is -2.21. The second-order valence-electron chi connectivity index (χ2n) is 7.66. The van der Waals surface area contributed by atoms with Crippen LogP contribution in [-0.4, -0.2) is 38.2 Å². The highest BCUT2D eigenvalue weighted by molar-refractivity contribution is 6.05. The molecule has 8 nitrogen and oxygen atoms in total. The number of ether oxygens (including phenoxy) is 4. The monoisotopic (exact) mass is 492 g/mol. The molecule has 0 saturated carbocycles. The van der Waals surface area contributed by atoms with Gasteiger partial charge in [0.25, 0.3) is 11.8 Å². The van der Waals surface area contributed by atoms with Crippen molar-refractivity contribution in [2.75, 3.05) is 37.1 Å². The Hall–Kier alpha value is -4.20. The molecule has 190 valence electrons. The molecule has 0 saturated heterocycles. The maximum Gasteiger partial charge on any atom is 0.262 e. The molecule has 0 aliphatic heterocycles. The lowest BCUT2D eigenvalue weighted by Gasteiger charge is -2.18. The quantitative estimate of drug-likeness (QED) is 0.325. The average molecular weight is 493 g/mol. The molecule has 0 atom stereocenters. The van der Waals surface area contributed by atoms with Gasteiger partial charge in [0, 0.05) is 17.7 Å². The van der Waals surface area contributed by atoms with Crippen LogP contribution in [0.4, 0.5) is 11.4 Å². The predicted molar refractivity (Wildman–Crippen MR) is 140 cm³/mol. The molecule has 0 aromatic heterocycles. The number of para-hydroxylation sites is 2. The smallest absolute Gasteiger partial charge is 0.262 e. The molecule has 3 aromatic rings. The average Bonchev–Trinajstić information content (AvgIpc) is 2.89. The molecule has 0 heterocycles. The number of hydrogen-bond donors (Lipinski definition) is 2. The Kier molecular flexibility index (Phi) is 10.00. The zero-order valence-corrected chi connectivity index (χ0v) is 20.8. The van der Waals surface area contributed by atoms with Crippen LogP contribution in [0.25, 0.3) is 0 Å². The highest BCUT2D eigenvalue weighted by Gasteiger charge is 2.17. The second-order valence-corrected chi connectivity index (χ2v) is 7.66. The highest BCUT2D eigenvalue weighted by atomic mass is 16.5. The Labute approximate surface area is 211 Å². The summed E-state index contributed by atoms with van der Waals surface area (Å²) in [5.41, 5.74) is 1.35. The fourth-order valence-corrected chi connectivity index (χ4v) is 3.32. The standard InChI is InChI=1S/C28H32N2O6/c1-4-16-35-23-14-10-11-15-24(23)36-19-27(31)29-21-17-26(34-6-3)22(18-25(21)33-5-2)30-28(32)20-12-8-7-9-13-20/h7-15,17-18H,4-6,16,19H2,1-3H3,(H,29,31)(H,30,32). The number of carbonyl (C=O) groups is 2. The zero-order chi connectivity index (χ0) is 25.8. The third kappa shape index (κ3) is 7.40. The number of carbonyl (C=O) groups excluding carboxylic acids is 2. The largest absolute Gasteiger partial charge is 0.492 e. The Morgan fingerprint density at radius 2 is 1.22 bits per heavy atom. The van der Waals surface area contributed by atoms with Crippen LogP contribution in [0.15, 0.2) is 66.7 Å². The van der Waals surface area contributed by atoms with E-state index >= 15 is 0 Å². The molecular formula is C28H32N2O6. The topological polar surface area (TPSA) is 95.1 Å². The van der Waals surface area contributed by atoms with Gasteiger partial charge in [-0.2, -0.15) is 0 Å². The Morgan fingerprint density at radius 3 is 1.81 bits per heavy atom. The molecule has 0 spiro atoms. The lowest BCUT2D eigenvalue weighted by atomic mass is 10.2. The number of benzene rings is 3. The highest BCUT2D eigenvalue weighted by Crippen LogP contribution is 2.37. The van der Waals surface area contributed by atoms with E-state index in [9.17, 15) is 9.59 Å². The third-order valence-corrected chi connectivity index (χ3v) is 4.91. The van der Waals surface area contributed by atoms with Gasteiger partial charge in [0.2, 0.25) is 0 Å². The number of nitrogens with one attached hydrogen (secondary N) is 2. The summed E-state index contributed by atoms with van der Waals surface area (Å²) < 4.78 is 22.9. The SMILES string of the molecule is CCCOc1ccccc1OCC(=O)Nc1cc(OCC)c(NC(=O)c2ccccc2)cc1OCC. The summed E-state index contributed by atoms with van der Waals surface area (Å²) >= 11 is 0. The van der Waals surface area contributed by atoms with Gasteiger partial charge < -0.3 is 29.6 Å². The van der Waals surface area contributed by atoms with E-state index in [0.29, 0.717) is 59.8 Å². The molecular weight excluding hydrogens is 460 g/mol. The number of rotatable bonds is 13. The Morgan fingerprint density at radius 1 is 0.667 bits per heavy atom. The molecule has 0 aliphatic rings. The first-order valence-electron chi connectivity index (χ1n) is 12.0. The molecule has 0 radical (unpaired) electrons. The van der Waals surface area contributed by atoms with Crippen molar-refractivity contribution in [1.82, 2.24) is 0 Å². The Balaban J connectivity index is 1.77.